The highest BCUT2D eigenvalue weighted by molar-refractivity contribution is 6.09. The van der Waals surface area contributed by atoms with Gasteiger partial charge in [0, 0.05) is 18.7 Å². The average molecular weight is 388 g/mol. The summed E-state index contributed by atoms with van der Waals surface area (Å²) in [5, 5.41) is 2.83. The third-order valence-corrected chi connectivity index (χ3v) is 4.93. The number of para-hydroxylation sites is 1. The third-order valence-electron chi connectivity index (χ3n) is 4.93. The van der Waals surface area contributed by atoms with E-state index in [2.05, 4.69) is 5.32 Å². The molecule has 29 heavy (non-hydrogen) atoms. The number of carbonyl (C=O) groups excluding carboxylic acids is 2. The highest BCUT2D eigenvalue weighted by Crippen LogP contribution is 2.25. The lowest BCUT2D eigenvalue weighted by Gasteiger charge is -2.13. The van der Waals surface area contributed by atoms with Gasteiger partial charge in [0.15, 0.2) is 5.58 Å². The van der Waals surface area contributed by atoms with Crippen molar-refractivity contribution in [3.05, 3.63) is 89.3 Å². The van der Waals surface area contributed by atoms with Crippen LogP contribution in [0.2, 0.25) is 0 Å². The van der Waals surface area contributed by atoms with Gasteiger partial charge in [-0.3, -0.25) is 4.79 Å². The fraction of sp³-hybridized carbons (Fsp3) is 0.130. The molecule has 0 saturated heterocycles. The third kappa shape index (κ3) is 3.52. The Morgan fingerprint density at radius 2 is 1.83 bits per heavy atom. The number of carbonyl (C=O) groups is 2. The number of methoxy groups -OCH3 is 1. The molecule has 0 bridgehead atoms. The standard InChI is InChI=1S/C23H20N2O4/c1-15-7-3-4-8-16(15)14-25-19-11-12-29-21(19)13-20(25)22(26)24-18-10-6-5-9-17(18)23(27)28-2/h3-13H,14H2,1-2H3,(H,24,26). The molecule has 2 heterocycles. The van der Waals surface area contributed by atoms with Crippen molar-refractivity contribution in [2.24, 2.45) is 0 Å². The summed E-state index contributed by atoms with van der Waals surface area (Å²) in [6.07, 6.45) is 1.60. The topological polar surface area (TPSA) is 73.5 Å². The van der Waals surface area contributed by atoms with E-state index < -0.39 is 5.97 Å². The molecule has 0 aliphatic carbocycles. The van der Waals surface area contributed by atoms with Gasteiger partial charge >= 0.3 is 5.97 Å². The molecule has 0 saturated carbocycles. The fourth-order valence-electron chi connectivity index (χ4n) is 3.36. The van der Waals surface area contributed by atoms with Crippen molar-refractivity contribution in [3.8, 4) is 0 Å². The van der Waals surface area contributed by atoms with Crippen LogP contribution >= 0.6 is 0 Å². The van der Waals surface area contributed by atoms with E-state index in [1.54, 1.807) is 36.6 Å². The Labute approximate surface area is 167 Å². The van der Waals surface area contributed by atoms with Crippen molar-refractivity contribution in [1.29, 1.82) is 0 Å². The zero-order chi connectivity index (χ0) is 20.4. The summed E-state index contributed by atoms with van der Waals surface area (Å²) in [7, 11) is 1.31. The Morgan fingerprint density at radius 3 is 2.62 bits per heavy atom. The predicted octanol–water partition coefficient (Wildman–Crippen LogP) is 4.63. The van der Waals surface area contributed by atoms with Gasteiger partial charge in [0.2, 0.25) is 0 Å². The normalized spacial score (nSPS) is 10.8. The van der Waals surface area contributed by atoms with Crippen molar-refractivity contribution >= 4 is 28.7 Å². The van der Waals surface area contributed by atoms with E-state index in [-0.39, 0.29) is 5.91 Å². The maximum absolute atomic E-state index is 13.1. The molecule has 146 valence electrons. The molecule has 4 rings (SSSR count). The first-order valence-corrected chi connectivity index (χ1v) is 9.18. The van der Waals surface area contributed by atoms with Crippen LogP contribution in [0.25, 0.3) is 11.1 Å². The Kier molecular flexibility index (Phi) is 4.91. The molecule has 0 radical (unpaired) electrons. The van der Waals surface area contributed by atoms with Gasteiger partial charge < -0.3 is 19.0 Å². The number of nitrogens with one attached hydrogen (secondary N) is 1. The predicted molar refractivity (Wildman–Crippen MR) is 110 cm³/mol. The van der Waals surface area contributed by atoms with Gasteiger partial charge in [-0.1, -0.05) is 36.4 Å². The zero-order valence-electron chi connectivity index (χ0n) is 16.1. The molecule has 0 fully saturated rings. The van der Waals surface area contributed by atoms with Crippen molar-refractivity contribution in [3.63, 3.8) is 0 Å². The number of esters is 1. The number of amides is 1. The van der Waals surface area contributed by atoms with Gasteiger partial charge in [-0.2, -0.15) is 0 Å². The zero-order valence-corrected chi connectivity index (χ0v) is 16.1. The number of anilines is 1. The van der Waals surface area contributed by atoms with Crippen molar-refractivity contribution < 1.29 is 18.7 Å². The largest absolute Gasteiger partial charge is 0.465 e. The van der Waals surface area contributed by atoms with Crippen LogP contribution in [0.3, 0.4) is 0 Å². The molecule has 1 amide bonds. The van der Waals surface area contributed by atoms with E-state index in [9.17, 15) is 9.59 Å². The van der Waals surface area contributed by atoms with E-state index in [1.807, 2.05) is 41.8 Å². The number of hydrogen-bond acceptors (Lipinski definition) is 4. The second-order valence-corrected chi connectivity index (χ2v) is 6.70. The first kappa shape index (κ1) is 18.6. The number of fused-ring (bicyclic) bond motifs is 1. The van der Waals surface area contributed by atoms with Gasteiger partial charge in [-0.05, 0) is 30.2 Å². The van der Waals surface area contributed by atoms with Gasteiger partial charge in [0.1, 0.15) is 5.69 Å². The minimum Gasteiger partial charge on any atom is -0.465 e. The van der Waals surface area contributed by atoms with Crippen LogP contribution in [0.5, 0.6) is 0 Å². The molecule has 0 spiro atoms. The number of ether oxygens (including phenoxy) is 1. The smallest absolute Gasteiger partial charge is 0.339 e. The molecule has 6 heteroatoms. The number of aryl methyl sites for hydroxylation is 1. The number of benzene rings is 2. The Balaban J connectivity index is 1.71. The minimum absolute atomic E-state index is 0.295. The SMILES string of the molecule is COC(=O)c1ccccc1NC(=O)c1cc2occc2n1Cc1ccccc1C. The molecular weight excluding hydrogens is 368 g/mol. The lowest BCUT2D eigenvalue weighted by Crippen LogP contribution is -2.19. The molecule has 6 nitrogen and oxygen atoms in total. The van der Waals surface area contributed by atoms with Crippen molar-refractivity contribution in [1.82, 2.24) is 4.57 Å². The Bertz CT molecular complexity index is 1200. The molecule has 0 atom stereocenters. The molecule has 4 aromatic rings. The fourth-order valence-corrected chi connectivity index (χ4v) is 3.36. The van der Waals surface area contributed by atoms with Gasteiger partial charge in [-0.15, -0.1) is 0 Å². The summed E-state index contributed by atoms with van der Waals surface area (Å²) >= 11 is 0. The van der Waals surface area contributed by atoms with Crippen LogP contribution in [0, 0.1) is 6.92 Å². The summed E-state index contributed by atoms with van der Waals surface area (Å²) in [6.45, 7) is 2.56. The van der Waals surface area contributed by atoms with E-state index >= 15 is 0 Å². The number of nitrogens with zero attached hydrogens (tertiary/aromatic N) is 1. The van der Waals surface area contributed by atoms with Crippen LogP contribution in [-0.2, 0) is 11.3 Å². The first-order chi connectivity index (χ1) is 14.1. The summed E-state index contributed by atoms with van der Waals surface area (Å²) in [5.41, 5.74) is 4.84. The van der Waals surface area contributed by atoms with Crippen LogP contribution in [0.4, 0.5) is 5.69 Å². The van der Waals surface area contributed by atoms with Crippen LogP contribution < -0.4 is 5.32 Å². The lowest BCUT2D eigenvalue weighted by molar-refractivity contribution is 0.0602. The number of rotatable bonds is 5. The number of furan rings is 1. The maximum Gasteiger partial charge on any atom is 0.339 e. The van der Waals surface area contributed by atoms with Crippen molar-refractivity contribution in [2.75, 3.05) is 12.4 Å². The summed E-state index contributed by atoms with van der Waals surface area (Å²) < 4.78 is 12.2. The molecule has 0 aliphatic heterocycles. The van der Waals surface area contributed by atoms with Gasteiger partial charge in [0.25, 0.3) is 5.91 Å². The summed E-state index contributed by atoms with van der Waals surface area (Å²) in [5.74, 6) is -0.841. The highest BCUT2D eigenvalue weighted by Gasteiger charge is 2.20. The molecule has 1 N–H and O–H groups in total. The minimum atomic E-state index is -0.509. The highest BCUT2D eigenvalue weighted by atomic mass is 16.5. The number of hydrogen-bond donors (Lipinski definition) is 1. The van der Waals surface area contributed by atoms with E-state index in [0.29, 0.717) is 29.1 Å². The molecule has 2 aromatic carbocycles. The molecule has 2 aromatic heterocycles. The lowest BCUT2D eigenvalue weighted by atomic mass is 10.1. The molecule has 0 unspecified atom stereocenters. The average Bonchev–Trinajstić information content (AvgIpc) is 3.32. The monoisotopic (exact) mass is 388 g/mol. The van der Waals surface area contributed by atoms with Gasteiger partial charge in [-0.25, -0.2) is 4.79 Å². The maximum atomic E-state index is 13.1. The van der Waals surface area contributed by atoms with Crippen LogP contribution in [-0.4, -0.2) is 23.6 Å². The van der Waals surface area contributed by atoms with Crippen molar-refractivity contribution in [2.45, 2.75) is 13.5 Å². The van der Waals surface area contributed by atoms with E-state index in [1.165, 1.54) is 7.11 Å². The molecular formula is C23H20N2O4. The summed E-state index contributed by atoms with van der Waals surface area (Å²) in [6, 6.07) is 18.3. The van der Waals surface area contributed by atoms with Crippen LogP contribution in [0.15, 0.2) is 71.3 Å². The number of aromatic nitrogens is 1. The van der Waals surface area contributed by atoms with Crippen LogP contribution in [0.1, 0.15) is 32.0 Å². The first-order valence-electron chi connectivity index (χ1n) is 9.18. The molecule has 0 aliphatic rings. The van der Waals surface area contributed by atoms with Gasteiger partial charge in [0.05, 0.1) is 30.1 Å². The second-order valence-electron chi connectivity index (χ2n) is 6.70. The van der Waals surface area contributed by atoms with E-state index in [4.69, 9.17) is 9.15 Å². The second kappa shape index (κ2) is 7.67. The Morgan fingerprint density at radius 1 is 1.07 bits per heavy atom. The quantitative estimate of drug-likeness (QED) is 0.506. The summed E-state index contributed by atoms with van der Waals surface area (Å²) in [4.78, 5) is 25.1. The van der Waals surface area contributed by atoms with E-state index in [0.717, 1.165) is 16.6 Å². The Hall–Kier alpha value is -3.80.